The van der Waals surface area contributed by atoms with E-state index in [9.17, 15) is 0 Å². The second-order valence-electron chi connectivity index (χ2n) is 15.5. The molecule has 0 saturated carbocycles. The van der Waals surface area contributed by atoms with E-state index in [1.807, 2.05) is 60.7 Å². The molecule has 1 aliphatic carbocycles. The summed E-state index contributed by atoms with van der Waals surface area (Å²) < 4.78 is 0. The highest BCUT2D eigenvalue weighted by Gasteiger charge is 2.46. The van der Waals surface area contributed by atoms with E-state index < -0.39 is 5.41 Å². The zero-order valence-electron chi connectivity index (χ0n) is 33.4. The molecular weight excluding hydrogens is 739 g/mol. The van der Waals surface area contributed by atoms with Crippen molar-refractivity contribution in [3.05, 3.63) is 259 Å². The third-order valence-electron chi connectivity index (χ3n) is 12.0. The Morgan fingerprint density at radius 2 is 0.623 bits per heavy atom. The van der Waals surface area contributed by atoms with E-state index in [-0.39, 0.29) is 0 Å². The largest absolute Gasteiger partial charge is 0.208 e. The maximum absolute atomic E-state index is 5.04. The number of nitrogens with zero attached hydrogens (tertiary/aromatic N) is 3. The lowest BCUT2D eigenvalue weighted by molar-refractivity contribution is 0.769. The van der Waals surface area contributed by atoms with E-state index in [1.54, 1.807) is 0 Å². The maximum Gasteiger partial charge on any atom is 0.164 e. The monoisotopic (exact) mass is 777 g/mol. The van der Waals surface area contributed by atoms with Crippen molar-refractivity contribution in [2.24, 2.45) is 0 Å². The highest BCUT2D eigenvalue weighted by molar-refractivity contribution is 5.95. The number of hydrogen-bond donors (Lipinski definition) is 0. The molecule has 1 heterocycles. The van der Waals surface area contributed by atoms with Crippen molar-refractivity contribution < 1.29 is 0 Å². The maximum atomic E-state index is 5.04. The van der Waals surface area contributed by atoms with Crippen molar-refractivity contribution in [1.29, 1.82) is 0 Å². The van der Waals surface area contributed by atoms with Crippen molar-refractivity contribution in [2.75, 3.05) is 0 Å². The van der Waals surface area contributed by atoms with Gasteiger partial charge < -0.3 is 0 Å². The number of aromatic nitrogens is 3. The minimum Gasteiger partial charge on any atom is -0.208 e. The first-order valence-corrected chi connectivity index (χ1v) is 20.8. The van der Waals surface area contributed by atoms with E-state index in [2.05, 4.69) is 176 Å². The number of fused-ring (bicyclic) bond motifs is 3. The molecule has 0 saturated heterocycles. The Hall–Kier alpha value is -8.01. The molecule has 0 N–H and O–H groups in total. The molecule has 0 unspecified atom stereocenters. The average Bonchev–Trinajstić information content (AvgIpc) is 3.65. The number of hydrogen-bond acceptors (Lipinski definition) is 3. The molecule has 1 aliphatic rings. The summed E-state index contributed by atoms with van der Waals surface area (Å²) in [7, 11) is 0. The number of benzene rings is 9. The second-order valence-corrected chi connectivity index (χ2v) is 15.5. The van der Waals surface area contributed by atoms with Gasteiger partial charge in [0.15, 0.2) is 17.5 Å². The molecule has 0 radical (unpaired) electrons. The summed E-state index contributed by atoms with van der Waals surface area (Å²) in [6.07, 6.45) is 0. The van der Waals surface area contributed by atoms with Crippen molar-refractivity contribution in [3.8, 4) is 78.7 Å². The second kappa shape index (κ2) is 15.3. The van der Waals surface area contributed by atoms with Crippen molar-refractivity contribution in [1.82, 2.24) is 15.0 Å². The van der Waals surface area contributed by atoms with Crippen LogP contribution < -0.4 is 0 Å². The van der Waals surface area contributed by atoms with Crippen LogP contribution in [-0.2, 0) is 5.41 Å². The summed E-state index contributed by atoms with van der Waals surface area (Å²) in [5.74, 6) is 1.92. The standard InChI is InChI=1S/C58H39N3/c1-6-20-40(21-7-1)50-38-52-49-34-16-17-35-53(49)58(47-30-12-4-13-31-47,48-32-14-5-15-33-48)54(52)39-51(50)45-28-18-26-43(36-45)44-27-19-29-46(37-44)57-60-55(41-22-8-2-9-23-41)59-56(61-57)42-24-10-3-11-25-42/h1-39H. The van der Waals surface area contributed by atoms with Crippen LogP contribution in [0, 0.1) is 0 Å². The molecule has 0 atom stereocenters. The smallest absolute Gasteiger partial charge is 0.164 e. The van der Waals surface area contributed by atoms with Gasteiger partial charge in [0, 0.05) is 16.7 Å². The fraction of sp³-hybridized carbons (Fsp3) is 0.0172. The summed E-state index contributed by atoms with van der Waals surface area (Å²) in [4.78, 5) is 15.0. The zero-order chi connectivity index (χ0) is 40.6. The fourth-order valence-electron chi connectivity index (χ4n) is 9.23. The average molecular weight is 778 g/mol. The van der Waals surface area contributed by atoms with Crippen LogP contribution in [0.1, 0.15) is 22.3 Å². The molecule has 3 heteroatoms. The molecule has 0 spiro atoms. The highest BCUT2D eigenvalue weighted by Crippen LogP contribution is 2.58. The predicted octanol–water partition coefficient (Wildman–Crippen LogP) is 14.2. The Bertz CT molecular complexity index is 3070. The lowest BCUT2D eigenvalue weighted by Gasteiger charge is -2.34. The van der Waals surface area contributed by atoms with Gasteiger partial charge in [-0.1, -0.05) is 212 Å². The van der Waals surface area contributed by atoms with Crippen LogP contribution in [0.15, 0.2) is 237 Å². The van der Waals surface area contributed by atoms with Gasteiger partial charge >= 0.3 is 0 Å². The van der Waals surface area contributed by atoms with Gasteiger partial charge in [-0.3, -0.25) is 0 Å². The van der Waals surface area contributed by atoms with Crippen LogP contribution in [0.5, 0.6) is 0 Å². The summed E-state index contributed by atoms with van der Waals surface area (Å²) in [5, 5.41) is 0. The van der Waals surface area contributed by atoms with Gasteiger partial charge in [-0.2, -0.15) is 0 Å². The Balaban J connectivity index is 1.09. The molecule has 1 aromatic heterocycles. The minimum atomic E-state index is -0.508. The third kappa shape index (κ3) is 6.35. The molecule has 10 aromatic rings. The van der Waals surface area contributed by atoms with Crippen molar-refractivity contribution in [3.63, 3.8) is 0 Å². The first-order valence-electron chi connectivity index (χ1n) is 20.8. The first kappa shape index (κ1) is 36.1. The molecule has 11 rings (SSSR count). The van der Waals surface area contributed by atoms with Gasteiger partial charge in [0.1, 0.15) is 0 Å². The minimum absolute atomic E-state index is 0.508. The topological polar surface area (TPSA) is 38.7 Å². The number of rotatable bonds is 8. The lowest BCUT2D eigenvalue weighted by atomic mass is 9.67. The lowest BCUT2D eigenvalue weighted by Crippen LogP contribution is -2.28. The van der Waals surface area contributed by atoms with Gasteiger partial charge in [-0.05, 0) is 91.0 Å². The molecule has 0 aliphatic heterocycles. The van der Waals surface area contributed by atoms with Crippen molar-refractivity contribution >= 4 is 0 Å². The Morgan fingerprint density at radius 1 is 0.230 bits per heavy atom. The molecule has 286 valence electrons. The highest BCUT2D eigenvalue weighted by atomic mass is 15.0. The van der Waals surface area contributed by atoms with E-state index in [4.69, 9.17) is 15.0 Å². The molecule has 0 bridgehead atoms. The molecule has 3 nitrogen and oxygen atoms in total. The van der Waals surface area contributed by atoms with Crippen LogP contribution in [0.4, 0.5) is 0 Å². The quantitative estimate of drug-likeness (QED) is 0.154. The van der Waals surface area contributed by atoms with Gasteiger partial charge in [0.2, 0.25) is 0 Å². The van der Waals surface area contributed by atoms with Crippen molar-refractivity contribution in [2.45, 2.75) is 5.41 Å². The van der Waals surface area contributed by atoms with Crippen LogP contribution >= 0.6 is 0 Å². The summed E-state index contributed by atoms with van der Waals surface area (Å²) in [5.41, 5.74) is 16.8. The van der Waals surface area contributed by atoms with E-state index in [0.29, 0.717) is 17.5 Å². The molecule has 9 aromatic carbocycles. The predicted molar refractivity (Wildman–Crippen MR) is 250 cm³/mol. The summed E-state index contributed by atoms with van der Waals surface area (Å²) in [6, 6.07) is 84.5. The Morgan fingerprint density at radius 3 is 1.18 bits per heavy atom. The zero-order valence-corrected chi connectivity index (χ0v) is 33.4. The van der Waals surface area contributed by atoms with Crippen LogP contribution in [-0.4, -0.2) is 15.0 Å². The van der Waals surface area contributed by atoms with E-state index >= 15 is 0 Å². The Kier molecular flexibility index (Phi) is 9.05. The SMILES string of the molecule is c1ccc(-c2nc(-c3ccccc3)nc(-c3cccc(-c4cccc(-c5cc6c(cc5-c5ccccc5)-c5ccccc5C6(c5ccccc5)c5ccccc5)c4)c3)n2)cc1. The molecule has 0 fully saturated rings. The Labute approximate surface area is 356 Å². The van der Waals surface area contributed by atoms with Crippen LogP contribution in [0.3, 0.4) is 0 Å². The fourth-order valence-corrected chi connectivity index (χ4v) is 9.23. The summed E-state index contributed by atoms with van der Waals surface area (Å²) in [6.45, 7) is 0. The van der Waals surface area contributed by atoms with Gasteiger partial charge in [-0.25, -0.2) is 15.0 Å². The van der Waals surface area contributed by atoms with Gasteiger partial charge in [0.25, 0.3) is 0 Å². The normalized spacial score (nSPS) is 12.4. The molecule has 61 heavy (non-hydrogen) atoms. The van der Waals surface area contributed by atoms with Gasteiger partial charge in [0.05, 0.1) is 5.41 Å². The molecule has 0 amide bonds. The van der Waals surface area contributed by atoms with E-state index in [0.717, 1.165) is 33.4 Å². The van der Waals surface area contributed by atoms with Gasteiger partial charge in [-0.15, -0.1) is 0 Å². The summed E-state index contributed by atoms with van der Waals surface area (Å²) >= 11 is 0. The van der Waals surface area contributed by atoms with E-state index in [1.165, 1.54) is 50.1 Å². The molecular formula is C58H39N3. The first-order chi connectivity index (χ1) is 30.2. The van der Waals surface area contributed by atoms with Crippen LogP contribution in [0.25, 0.3) is 78.7 Å². The third-order valence-corrected chi connectivity index (χ3v) is 12.0. The van der Waals surface area contributed by atoms with Crippen LogP contribution in [0.2, 0.25) is 0 Å².